The summed E-state index contributed by atoms with van der Waals surface area (Å²) in [6.45, 7) is 2.60. The van der Waals surface area contributed by atoms with Gasteiger partial charge in [-0.3, -0.25) is 0 Å². The van der Waals surface area contributed by atoms with Crippen molar-refractivity contribution >= 4 is 28.2 Å². The summed E-state index contributed by atoms with van der Waals surface area (Å²) in [7, 11) is 0. The van der Waals surface area contributed by atoms with E-state index in [-0.39, 0.29) is 5.69 Å². The molecule has 0 aliphatic carbocycles. The molecular weight excluding hydrogens is 360 g/mol. The largest absolute Gasteiger partial charge is 0.493 e. The van der Waals surface area contributed by atoms with Crippen molar-refractivity contribution in [2.24, 2.45) is 0 Å². The molecule has 0 amide bonds. The summed E-state index contributed by atoms with van der Waals surface area (Å²) in [4.78, 5) is 19.9. The SMILES string of the molecule is Cc1sc(-c2ccccc2)nc1CCOc1ccc2[nH]c(C(=O)O)cc2c1. The fraction of sp³-hybridized carbons (Fsp3) is 0.143. The number of carbonyl (C=O) groups is 1. The van der Waals surface area contributed by atoms with E-state index in [0.717, 1.165) is 39.3 Å². The van der Waals surface area contributed by atoms with Gasteiger partial charge in [-0.15, -0.1) is 11.3 Å². The van der Waals surface area contributed by atoms with Crippen LogP contribution in [0.25, 0.3) is 21.5 Å². The molecule has 0 saturated heterocycles. The molecule has 0 unspecified atom stereocenters. The highest BCUT2D eigenvalue weighted by Crippen LogP contribution is 2.28. The van der Waals surface area contributed by atoms with Crippen LogP contribution in [0.2, 0.25) is 0 Å². The van der Waals surface area contributed by atoms with Gasteiger partial charge in [-0.05, 0) is 31.2 Å². The van der Waals surface area contributed by atoms with Crippen LogP contribution in [0.4, 0.5) is 0 Å². The molecule has 2 N–H and O–H groups in total. The molecular formula is C21H18N2O3S. The third-order valence-electron chi connectivity index (χ3n) is 4.34. The molecule has 0 spiro atoms. The van der Waals surface area contributed by atoms with Gasteiger partial charge in [-0.1, -0.05) is 30.3 Å². The predicted octanol–water partition coefficient (Wildman–Crippen LogP) is 4.92. The molecule has 2 aromatic carbocycles. The van der Waals surface area contributed by atoms with E-state index in [1.165, 1.54) is 4.88 Å². The Bertz CT molecular complexity index is 1100. The maximum absolute atomic E-state index is 11.1. The summed E-state index contributed by atoms with van der Waals surface area (Å²) in [6.07, 6.45) is 0.723. The molecule has 4 rings (SSSR count). The molecule has 0 radical (unpaired) electrons. The number of fused-ring (bicyclic) bond motifs is 1. The number of carboxylic acids is 1. The third-order valence-corrected chi connectivity index (χ3v) is 5.41. The molecule has 2 aromatic heterocycles. The first kappa shape index (κ1) is 17.3. The highest BCUT2D eigenvalue weighted by Gasteiger charge is 2.10. The second-order valence-electron chi connectivity index (χ2n) is 6.22. The van der Waals surface area contributed by atoms with E-state index >= 15 is 0 Å². The molecule has 5 nitrogen and oxygen atoms in total. The van der Waals surface area contributed by atoms with Gasteiger partial charge in [0.05, 0.1) is 12.3 Å². The number of nitrogens with zero attached hydrogens (tertiary/aromatic N) is 1. The van der Waals surface area contributed by atoms with Crippen molar-refractivity contribution in [1.82, 2.24) is 9.97 Å². The molecule has 4 aromatic rings. The number of H-pyrrole nitrogens is 1. The average molecular weight is 378 g/mol. The fourth-order valence-electron chi connectivity index (χ4n) is 2.95. The van der Waals surface area contributed by atoms with E-state index in [1.807, 2.05) is 36.4 Å². The van der Waals surface area contributed by atoms with Crippen LogP contribution in [0.1, 0.15) is 21.1 Å². The minimum atomic E-state index is -0.970. The maximum atomic E-state index is 11.1. The first-order valence-corrected chi connectivity index (χ1v) is 9.42. The van der Waals surface area contributed by atoms with Crippen molar-refractivity contribution in [2.75, 3.05) is 6.61 Å². The van der Waals surface area contributed by atoms with Gasteiger partial charge < -0.3 is 14.8 Å². The normalized spacial score (nSPS) is 11.0. The molecule has 0 aliphatic rings. The standard InChI is InChI=1S/C21H18N2O3S/c1-13-17(23-20(27-13)14-5-3-2-4-6-14)9-10-26-16-7-8-18-15(11-16)12-19(22-18)21(24)25/h2-8,11-12,22H,9-10H2,1H3,(H,24,25). The average Bonchev–Trinajstić information content (AvgIpc) is 3.26. The second-order valence-corrected chi connectivity index (χ2v) is 7.43. The number of aromatic amines is 1. The van der Waals surface area contributed by atoms with Crippen LogP contribution in [0, 0.1) is 6.92 Å². The zero-order valence-electron chi connectivity index (χ0n) is 14.7. The smallest absolute Gasteiger partial charge is 0.352 e. The zero-order valence-corrected chi connectivity index (χ0v) is 15.5. The van der Waals surface area contributed by atoms with Crippen LogP contribution in [0.5, 0.6) is 5.75 Å². The van der Waals surface area contributed by atoms with E-state index in [2.05, 4.69) is 24.0 Å². The number of ether oxygens (including phenoxy) is 1. The van der Waals surface area contributed by atoms with Gasteiger partial charge in [0.1, 0.15) is 16.5 Å². The molecule has 0 atom stereocenters. The molecule has 0 bridgehead atoms. The van der Waals surface area contributed by atoms with E-state index in [0.29, 0.717) is 6.61 Å². The Kier molecular flexibility index (Phi) is 4.64. The van der Waals surface area contributed by atoms with E-state index in [1.54, 1.807) is 17.4 Å². The van der Waals surface area contributed by atoms with Gasteiger partial charge in [0.15, 0.2) is 0 Å². The van der Waals surface area contributed by atoms with Crippen LogP contribution in [0.15, 0.2) is 54.6 Å². The van der Waals surface area contributed by atoms with E-state index in [4.69, 9.17) is 14.8 Å². The number of hydrogen-bond acceptors (Lipinski definition) is 4. The monoisotopic (exact) mass is 378 g/mol. The van der Waals surface area contributed by atoms with Crippen LogP contribution in [-0.2, 0) is 6.42 Å². The number of thiazole rings is 1. The lowest BCUT2D eigenvalue weighted by molar-refractivity contribution is 0.0691. The van der Waals surface area contributed by atoms with Crippen LogP contribution < -0.4 is 4.74 Å². The summed E-state index contributed by atoms with van der Waals surface area (Å²) >= 11 is 1.69. The molecule has 2 heterocycles. The zero-order chi connectivity index (χ0) is 18.8. The topological polar surface area (TPSA) is 75.2 Å². The Balaban J connectivity index is 1.43. The summed E-state index contributed by atoms with van der Waals surface area (Å²) in [5.41, 5.74) is 3.14. The number of carboxylic acid groups (broad SMARTS) is 1. The fourth-order valence-corrected chi connectivity index (χ4v) is 3.91. The predicted molar refractivity (Wildman–Crippen MR) is 107 cm³/mol. The van der Waals surface area contributed by atoms with E-state index in [9.17, 15) is 4.79 Å². The number of nitrogens with one attached hydrogen (secondary N) is 1. The Hall–Kier alpha value is -3.12. The Labute approximate surface area is 160 Å². The minimum absolute atomic E-state index is 0.175. The van der Waals surface area contributed by atoms with Crippen molar-refractivity contribution in [3.05, 3.63) is 70.9 Å². The highest BCUT2D eigenvalue weighted by molar-refractivity contribution is 7.15. The van der Waals surface area contributed by atoms with Crippen molar-refractivity contribution in [2.45, 2.75) is 13.3 Å². The van der Waals surface area contributed by atoms with Crippen molar-refractivity contribution in [1.29, 1.82) is 0 Å². The first-order valence-electron chi connectivity index (χ1n) is 8.61. The Morgan fingerprint density at radius 2 is 2.00 bits per heavy atom. The molecule has 6 heteroatoms. The Morgan fingerprint density at radius 3 is 2.78 bits per heavy atom. The molecule has 0 saturated carbocycles. The van der Waals surface area contributed by atoms with Crippen molar-refractivity contribution in [3.8, 4) is 16.3 Å². The molecule has 0 aliphatic heterocycles. The lowest BCUT2D eigenvalue weighted by Crippen LogP contribution is -2.02. The van der Waals surface area contributed by atoms with Crippen molar-refractivity contribution < 1.29 is 14.6 Å². The van der Waals surface area contributed by atoms with Gasteiger partial charge in [0, 0.05) is 27.8 Å². The first-order chi connectivity index (χ1) is 13.1. The molecule has 136 valence electrons. The van der Waals surface area contributed by atoms with Crippen LogP contribution in [-0.4, -0.2) is 27.7 Å². The summed E-state index contributed by atoms with van der Waals surface area (Å²) < 4.78 is 5.86. The maximum Gasteiger partial charge on any atom is 0.352 e. The van der Waals surface area contributed by atoms with Gasteiger partial charge >= 0.3 is 5.97 Å². The molecule has 0 fully saturated rings. The summed E-state index contributed by atoms with van der Waals surface area (Å²) in [5.74, 6) is -0.253. The van der Waals surface area contributed by atoms with E-state index < -0.39 is 5.97 Å². The molecule has 27 heavy (non-hydrogen) atoms. The summed E-state index contributed by atoms with van der Waals surface area (Å²) in [6, 6.07) is 17.3. The lowest BCUT2D eigenvalue weighted by Gasteiger charge is -2.05. The quantitative estimate of drug-likeness (QED) is 0.499. The highest BCUT2D eigenvalue weighted by atomic mass is 32.1. The van der Waals surface area contributed by atoms with Gasteiger partial charge in [0.25, 0.3) is 0 Å². The number of rotatable bonds is 6. The third kappa shape index (κ3) is 3.71. The lowest BCUT2D eigenvalue weighted by atomic mass is 10.2. The van der Waals surface area contributed by atoms with Crippen LogP contribution in [0.3, 0.4) is 0 Å². The van der Waals surface area contributed by atoms with Gasteiger partial charge in [-0.25, -0.2) is 9.78 Å². The minimum Gasteiger partial charge on any atom is -0.493 e. The van der Waals surface area contributed by atoms with Crippen molar-refractivity contribution in [3.63, 3.8) is 0 Å². The number of aromatic nitrogens is 2. The number of aryl methyl sites for hydroxylation is 1. The van der Waals surface area contributed by atoms with Crippen LogP contribution >= 0.6 is 11.3 Å². The number of aromatic carboxylic acids is 1. The van der Waals surface area contributed by atoms with Gasteiger partial charge in [-0.2, -0.15) is 0 Å². The number of hydrogen-bond donors (Lipinski definition) is 2. The Morgan fingerprint density at radius 1 is 1.19 bits per heavy atom. The van der Waals surface area contributed by atoms with Gasteiger partial charge in [0.2, 0.25) is 0 Å². The second kappa shape index (κ2) is 7.25. The number of benzene rings is 2. The summed E-state index contributed by atoms with van der Waals surface area (Å²) in [5, 5.41) is 10.9.